The lowest BCUT2D eigenvalue weighted by molar-refractivity contribution is 0.0448. The molecule has 2 rings (SSSR count). The molecular weight excluding hydrogens is 376 g/mol. The number of thiophene rings is 1. The highest BCUT2D eigenvalue weighted by atomic mass is 32.1. The van der Waals surface area contributed by atoms with Crippen LogP contribution in [0.15, 0.2) is 18.0 Å². The molecular formula is C16H16N4O4S2. The molecule has 3 N–H and O–H groups in total. The third kappa shape index (κ3) is 4.38. The van der Waals surface area contributed by atoms with Gasteiger partial charge in [0.1, 0.15) is 22.6 Å². The van der Waals surface area contributed by atoms with E-state index in [1.807, 2.05) is 6.07 Å². The van der Waals surface area contributed by atoms with Crippen LogP contribution in [-0.2, 0) is 16.1 Å². The van der Waals surface area contributed by atoms with Crippen LogP contribution in [0.4, 0.5) is 10.1 Å². The molecule has 136 valence electrons. The highest BCUT2D eigenvalue weighted by molar-refractivity contribution is 7.18. The van der Waals surface area contributed by atoms with E-state index >= 15 is 0 Å². The number of nitrogens with zero attached hydrogens (tertiary/aromatic N) is 2. The number of rotatable bonds is 8. The average Bonchev–Trinajstić information content (AvgIpc) is 3.22. The first-order valence-corrected chi connectivity index (χ1v) is 9.17. The van der Waals surface area contributed by atoms with Crippen LogP contribution < -0.4 is 11.1 Å². The molecule has 0 amide bonds. The third-order valence-corrected chi connectivity index (χ3v) is 4.91. The largest absolute Gasteiger partial charge is 0.462 e. The Morgan fingerprint density at radius 3 is 2.88 bits per heavy atom. The van der Waals surface area contributed by atoms with E-state index in [1.165, 1.54) is 11.3 Å². The fraction of sp³-hybridized carbons (Fsp3) is 0.250. The van der Waals surface area contributed by atoms with Gasteiger partial charge in [-0.25, -0.2) is 14.6 Å². The Hall–Kier alpha value is -2.90. The summed E-state index contributed by atoms with van der Waals surface area (Å²) < 4.78 is 10.2. The molecule has 0 unspecified atom stereocenters. The van der Waals surface area contributed by atoms with E-state index in [9.17, 15) is 14.9 Å². The fourth-order valence-electron chi connectivity index (χ4n) is 1.93. The molecule has 2 heterocycles. The van der Waals surface area contributed by atoms with Gasteiger partial charge in [-0.05, 0) is 6.92 Å². The van der Waals surface area contributed by atoms with Crippen molar-refractivity contribution in [3.63, 3.8) is 0 Å². The van der Waals surface area contributed by atoms with E-state index < -0.39 is 11.9 Å². The van der Waals surface area contributed by atoms with Crippen molar-refractivity contribution in [2.24, 2.45) is 0 Å². The summed E-state index contributed by atoms with van der Waals surface area (Å²) >= 11 is 2.18. The van der Waals surface area contributed by atoms with Gasteiger partial charge in [0.25, 0.3) is 0 Å². The molecule has 0 saturated heterocycles. The summed E-state index contributed by atoms with van der Waals surface area (Å²) in [4.78, 5) is 28.4. The minimum atomic E-state index is -0.670. The van der Waals surface area contributed by atoms with Crippen LogP contribution in [0.3, 0.4) is 0 Å². The molecule has 0 fully saturated rings. The number of ether oxygens (including phenoxy) is 2. The second-order valence-electron chi connectivity index (χ2n) is 4.76. The number of hydrogen-bond donors (Lipinski definition) is 2. The van der Waals surface area contributed by atoms with E-state index in [2.05, 4.69) is 16.9 Å². The quantitative estimate of drug-likeness (QED) is 0.518. The number of nitriles is 1. The molecule has 0 aliphatic carbocycles. The highest BCUT2D eigenvalue weighted by Crippen LogP contribution is 2.32. The maximum atomic E-state index is 12.2. The van der Waals surface area contributed by atoms with Crippen molar-refractivity contribution < 1.29 is 19.1 Å². The zero-order valence-electron chi connectivity index (χ0n) is 13.9. The Morgan fingerprint density at radius 1 is 1.46 bits per heavy atom. The van der Waals surface area contributed by atoms with Crippen molar-refractivity contribution in [3.05, 3.63) is 39.7 Å². The van der Waals surface area contributed by atoms with Crippen molar-refractivity contribution in [2.45, 2.75) is 13.5 Å². The summed E-state index contributed by atoms with van der Waals surface area (Å²) in [5.74, 6) is -1.28. The molecule has 8 nitrogen and oxygen atoms in total. The third-order valence-electron chi connectivity index (χ3n) is 3.07. The summed E-state index contributed by atoms with van der Waals surface area (Å²) in [7, 11) is 0. The highest BCUT2D eigenvalue weighted by Gasteiger charge is 2.24. The van der Waals surface area contributed by atoms with Crippen LogP contribution in [-0.4, -0.2) is 30.1 Å². The number of nitrogen functional groups attached to an aromatic ring is 1. The number of hydrogen-bond acceptors (Lipinski definition) is 10. The number of carbonyl (C=O) groups is 2. The zero-order chi connectivity index (χ0) is 19.1. The molecule has 0 aromatic carbocycles. The van der Waals surface area contributed by atoms with Crippen molar-refractivity contribution in [1.82, 2.24) is 4.98 Å². The minimum absolute atomic E-state index is 0.109. The van der Waals surface area contributed by atoms with Gasteiger partial charge < -0.3 is 20.5 Å². The van der Waals surface area contributed by atoms with Crippen molar-refractivity contribution in [2.75, 3.05) is 24.2 Å². The monoisotopic (exact) mass is 392 g/mol. The Labute approximate surface area is 157 Å². The van der Waals surface area contributed by atoms with Gasteiger partial charge in [-0.3, -0.25) is 0 Å². The normalized spacial score (nSPS) is 10.0. The Kier molecular flexibility index (Phi) is 6.71. The Balaban J connectivity index is 2.14. The SMILES string of the molecule is C=CCNc1nc(C(=O)OCc2c(C(=O)OCC)sc(N)c2C#N)cs1. The molecule has 0 bridgehead atoms. The maximum absolute atomic E-state index is 12.2. The molecule has 0 aliphatic rings. The fourth-order valence-corrected chi connectivity index (χ4v) is 3.53. The van der Waals surface area contributed by atoms with Crippen LogP contribution >= 0.6 is 22.7 Å². The van der Waals surface area contributed by atoms with E-state index in [1.54, 1.807) is 18.4 Å². The van der Waals surface area contributed by atoms with Gasteiger partial charge in [-0.15, -0.1) is 29.3 Å². The van der Waals surface area contributed by atoms with Crippen LogP contribution in [0, 0.1) is 11.3 Å². The van der Waals surface area contributed by atoms with Gasteiger partial charge in [-0.1, -0.05) is 6.08 Å². The van der Waals surface area contributed by atoms with Gasteiger partial charge in [0.2, 0.25) is 0 Å². The van der Waals surface area contributed by atoms with Crippen LogP contribution in [0.5, 0.6) is 0 Å². The van der Waals surface area contributed by atoms with Gasteiger partial charge in [0.05, 0.1) is 12.2 Å². The molecule has 2 aromatic rings. The topological polar surface area (TPSA) is 127 Å². The van der Waals surface area contributed by atoms with Crippen molar-refractivity contribution in [1.29, 1.82) is 5.26 Å². The van der Waals surface area contributed by atoms with Gasteiger partial charge in [-0.2, -0.15) is 5.26 Å². The van der Waals surface area contributed by atoms with Crippen LogP contribution in [0.25, 0.3) is 0 Å². The van der Waals surface area contributed by atoms with Gasteiger partial charge in [0.15, 0.2) is 10.8 Å². The molecule has 0 saturated carbocycles. The van der Waals surface area contributed by atoms with E-state index in [-0.39, 0.29) is 39.9 Å². The predicted octanol–water partition coefficient (Wildman–Crippen LogP) is 2.79. The smallest absolute Gasteiger partial charge is 0.358 e. The predicted molar refractivity (Wildman–Crippen MR) is 99.3 cm³/mol. The number of aromatic nitrogens is 1. The average molecular weight is 392 g/mol. The number of thiazole rings is 1. The Morgan fingerprint density at radius 2 is 2.23 bits per heavy atom. The number of esters is 2. The maximum Gasteiger partial charge on any atom is 0.358 e. The summed E-state index contributed by atoms with van der Waals surface area (Å²) in [6.45, 7) is 5.67. The van der Waals surface area contributed by atoms with Crippen LogP contribution in [0.1, 0.15) is 38.2 Å². The van der Waals surface area contributed by atoms with Gasteiger partial charge >= 0.3 is 11.9 Å². The first-order valence-electron chi connectivity index (χ1n) is 7.47. The van der Waals surface area contributed by atoms with Crippen molar-refractivity contribution >= 4 is 44.7 Å². The second-order valence-corrected chi connectivity index (χ2v) is 6.68. The molecule has 0 atom stereocenters. The standard InChI is InChI=1S/C16H16N4O4S2/c1-3-5-19-16-20-11(8-25-16)14(21)24-7-10-9(6-17)13(18)26-12(10)15(22)23-4-2/h3,8H,1,4-5,7,18H2,2H3,(H,19,20). The second kappa shape index (κ2) is 8.98. The lowest BCUT2D eigenvalue weighted by atomic mass is 10.1. The van der Waals surface area contributed by atoms with Crippen LogP contribution in [0.2, 0.25) is 0 Å². The number of carbonyl (C=O) groups excluding carboxylic acids is 2. The molecule has 0 spiro atoms. The summed E-state index contributed by atoms with van der Waals surface area (Å²) in [5, 5.41) is 14.5. The molecule has 0 aliphatic heterocycles. The number of nitrogens with two attached hydrogens (primary N) is 1. The molecule has 0 radical (unpaired) electrons. The van der Waals surface area contributed by atoms with E-state index in [0.717, 1.165) is 11.3 Å². The first kappa shape index (κ1) is 19.4. The Bertz CT molecular complexity index is 866. The van der Waals surface area contributed by atoms with Gasteiger partial charge in [0, 0.05) is 17.5 Å². The minimum Gasteiger partial charge on any atom is -0.462 e. The molecule has 2 aromatic heterocycles. The molecule has 10 heteroatoms. The zero-order valence-corrected chi connectivity index (χ0v) is 15.5. The van der Waals surface area contributed by atoms with E-state index in [0.29, 0.717) is 11.7 Å². The lowest BCUT2D eigenvalue weighted by Gasteiger charge is -2.05. The number of nitrogens with one attached hydrogen (secondary N) is 1. The lowest BCUT2D eigenvalue weighted by Crippen LogP contribution is -2.10. The number of anilines is 2. The summed E-state index contributed by atoms with van der Waals surface area (Å²) in [6, 6.07) is 1.93. The first-order chi connectivity index (χ1) is 12.5. The summed E-state index contributed by atoms with van der Waals surface area (Å²) in [5.41, 5.74) is 6.25. The van der Waals surface area contributed by atoms with Crippen molar-refractivity contribution in [3.8, 4) is 6.07 Å². The molecule has 26 heavy (non-hydrogen) atoms. The van der Waals surface area contributed by atoms with E-state index in [4.69, 9.17) is 15.2 Å². The summed E-state index contributed by atoms with van der Waals surface area (Å²) in [6.07, 6.45) is 1.67.